The number of rotatable bonds is 7. The van der Waals surface area contributed by atoms with Gasteiger partial charge in [-0.3, -0.25) is 9.59 Å². The van der Waals surface area contributed by atoms with Crippen LogP contribution in [0.5, 0.6) is 0 Å². The molecule has 5 aliphatic rings. The lowest BCUT2D eigenvalue weighted by molar-refractivity contribution is -0.203. The summed E-state index contributed by atoms with van der Waals surface area (Å²) in [6, 6.07) is 0. The molecule has 5 nitrogen and oxygen atoms in total. The van der Waals surface area contributed by atoms with Crippen molar-refractivity contribution in [3.8, 4) is 0 Å². The number of ether oxygens (including phenoxy) is 3. The lowest BCUT2D eigenvalue weighted by Gasteiger charge is -2.62. The van der Waals surface area contributed by atoms with E-state index in [2.05, 4.69) is 27.7 Å². The van der Waals surface area contributed by atoms with Crippen LogP contribution in [0.15, 0.2) is 0 Å². The second-order valence-electron chi connectivity index (χ2n) is 14.1. The number of hydrogen-bond acceptors (Lipinski definition) is 5. The molecule has 0 aromatic heterocycles. The second-order valence-corrected chi connectivity index (χ2v) is 14.8. The van der Waals surface area contributed by atoms with Gasteiger partial charge in [0.05, 0.1) is 16.4 Å². The summed E-state index contributed by atoms with van der Waals surface area (Å²) >= 11 is 7.64. The minimum atomic E-state index is -0.664. The first-order chi connectivity index (χ1) is 17.4. The molecule has 5 rings (SSSR count). The molecule has 4 saturated carbocycles. The highest BCUT2D eigenvalue weighted by Crippen LogP contribution is 2.74. The standard InChI is InChI=1S/C31H49ClO5/c1-18(2)8-7-9-19(3)24-10-11-25-23-16-27-31(32)17-22(35-20(4)33)12-15-30(31,28(37-27)36-21(5)34)26(23)13-14-29(24,25)6/h18-19,22-28H,7-17H2,1-6H3/t19-,22-,23-,24+,25-,26-,27-,28+,29+,30+,31-/m0/s1. The van der Waals surface area contributed by atoms with Crippen molar-refractivity contribution in [2.24, 2.45) is 46.3 Å². The lowest BCUT2D eigenvalue weighted by atomic mass is 9.43. The van der Waals surface area contributed by atoms with Crippen LogP contribution in [0.4, 0.5) is 0 Å². The molecular weight excluding hydrogens is 488 g/mol. The van der Waals surface area contributed by atoms with Gasteiger partial charge in [-0.1, -0.05) is 47.0 Å². The van der Waals surface area contributed by atoms with Crippen molar-refractivity contribution >= 4 is 23.5 Å². The normalized spacial score (nSPS) is 47.1. The molecule has 37 heavy (non-hydrogen) atoms. The zero-order chi connectivity index (χ0) is 26.8. The van der Waals surface area contributed by atoms with E-state index in [0.717, 1.165) is 43.4 Å². The second kappa shape index (κ2) is 9.98. The highest BCUT2D eigenvalue weighted by atomic mass is 35.5. The van der Waals surface area contributed by atoms with Crippen LogP contribution in [-0.2, 0) is 23.8 Å². The van der Waals surface area contributed by atoms with Crippen molar-refractivity contribution in [1.82, 2.24) is 0 Å². The molecule has 1 aliphatic heterocycles. The molecule has 0 radical (unpaired) electrons. The van der Waals surface area contributed by atoms with E-state index in [1.807, 2.05) is 0 Å². The van der Waals surface area contributed by atoms with Gasteiger partial charge >= 0.3 is 11.9 Å². The zero-order valence-electron chi connectivity index (χ0n) is 23.9. The van der Waals surface area contributed by atoms with Gasteiger partial charge in [0, 0.05) is 20.3 Å². The van der Waals surface area contributed by atoms with Crippen molar-refractivity contribution in [2.45, 2.75) is 136 Å². The first kappa shape index (κ1) is 27.7. The average Bonchev–Trinajstić information content (AvgIpc) is 3.20. The molecule has 6 heteroatoms. The van der Waals surface area contributed by atoms with Crippen LogP contribution in [0.1, 0.15) is 112 Å². The smallest absolute Gasteiger partial charge is 0.304 e. The third-order valence-electron chi connectivity index (χ3n) is 11.8. The Morgan fingerprint density at radius 2 is 1.70 bits per heavy atom. The van der Waals surface area contributed by atoms with Crippen molar-refractivity contribution in [3.63, 3.8) is 0 Å². The SMILES string of the molecule is CC(=O)O[C@H]1CC[C@]23[C@H](OC(C)=O)O[C@@H](C[C@H]4[C@@H]5CC[C@H]([C@@H](C)CCCC(C)C)[C@@]5(C)CC[C@@H]42)[C@@]3(Cl)C1. The third-order valence-corrected chi connectivity index (χ3v) is 12.5. The van der Waals surface area contributed by atoms with Crippen LogP contribution in [0, 0.1) is 46.3 Å². The van der Waals surface area contributed by atoms with Gasteiger partial charge in [0.2, 0.25) is 6.29 Å². The van der Waals surface area contributed by atoms with E-state index < -0.39 is 16.6 Å². The van der Waals surface area contributed by atoms with Crippen molar-refractivity contribution in [3.05, 3.63) is 0 Å². The largest absolute Gasteiger partial charge is 0.462 e. The van der Waals surface area contributed by atoms with Crippen molar-refractivity contribution in [2.75, 3.05) is 0 Å². The highest BCUT2D eigenvalue weighted by molar-refractivity contribution is 6.25. The molecule has 1 heterocycles. The molecule has 2 bridgehead atoms. The lowest BCUT2D eigenvalue weighted by Crippen LogP contribution is -2.65. The fourth-order valence-corrected chi connectivity index (χ4v) is 11.0. The van der Waals surface area contributed by atoms with E-state index in [9.17, 15) is 9.59 Å². The molecule has 5 fully saturated rings. The van der Waals surface area contributed by atoms with Crippen molar-refractivity contribution < 1.29 is 23.8 Å². The molecule has 0 aromatic rings. The summed E-state index contributed by atoms with van der Waals surface area (Å²) in [4.78, 5) is 23.3. The quantitative estimate of drug-likeness (QED) is 0.253. The van der Waals surface area contributed by atoms with Crippen LogP contribution in [0.2, 0.25) is 0 Å². The Balaban J connectivity index is 1.41. The fourth-order valence-electron chi connectivity index (χ4n) is 10.4. The van der Waals surface area contributed by atoms with E-state index >= 15 is 0 Å². The first-order valence-electron chi connectivity index (χ1n) is 15.1. The number of alkyl halides is 1. The Labute approximate surface area is 229 Å². The van der Waals surface area contributed by atoms with E-state index in [-0.39, 0.29) is 24.1 Å². The van der Waals surface area contributed by atoms with Gasteiger partial charge in [-0.2, -0.15) is 0 Å². The van der Waals surface area contributed by atoms with Crippen LogP contribution in [0.3, 0.4) is 0 Å². The number of halogens is 1. The van der Waals surface area contributed by atoms with E-state index in [1.165, 1.54) is 52.4 Å². The summed E-state index contributed by atoms with van der Waals surface area (Å²) in [6.45, 7) is 12.7. The minimum Gasteiger partial charge on any atom is -0.462 e. The van der Waals surface area contributed by atoms with E-state index in [0.29, 0.717) is 29.6 Å². The third kappa shape index (κ3) is 4.37. The van der Waals surface area contributed by atoms with Crippen LogP contribution < -0.4 is 0 Å². The Kier molecular flexibility index (Phi) is 7.49. The zero-order valence-corrected chi connectivity index (χ0v) is 24.6. The summed E-state index contributed by atoms with van der Waals surface area (Å²) in [5.74, 6) is 3.37. The van der Waals surface area contributed by atoms with Crippen LogP contribution in [0.25, 0.3) is 0 Å². The molecule has 0 aromatic carbocycles. The fraction of sp³-hybridized carbons (Fsp3) is 0.935. The predicted octanol–water partition coefficient (Wildman–Crippen LogP) is 7.28. The van der Waals surface area contributed by atoms with Crippen LogP contribution >= 0.6 is 11.6 Å². The predicted molar refractivity (Wildman–Crippen MR) is 144 cm³/mol. The molecule has 210 valence electrons. The van der Waals surface area contributed by atoms with Gasteiger partial charge < -0.3 is 14.2 Å². The van der Waals surface area contributed by atoms with E-state index in [4.69, 9.17) is 25.8 Å². The van der Waals surface area contributed by atoms with E-state index in [1.54, 1.807) is 0 Å². The Morgan fingerprint density at radius 3 is 2.38 bits per heavy atom. The number of carbonyl (C=O) groups excluding carboxylic acids is 2. The number of hydrogen-bond donors (Lipinski definition) is 0. The topological polar surface area (TPSA) is 61.8 Å². The maximum Gasteiger partial charge on any atom is 0.304 e. The summed E-state index contributed by atoms with van der Waals surface area (Å²) < 4.78 is 18.2. The molecule has 0 amide bonds. The summed E-state index contributed by atoms with van der Waals surface area (Å²) in [5.41, 5.74) is -0.0422. The maximum absolute atomic E-state index is 12.2. The highest BCUT2D eigenvalue weighted by Gasteiger charge is 2.77. The van der Waals surface area contributed by atoms with Gasteiger partial charge in [-0.15, -0.1) is 11.6 Å². The summed E-state index contributed by atoms with van der Waals surface area (Å²) in [7, 11) is 0. The van der Waals surface area contributed by atoms with Crippen LogP contribution in [-0.4, -0.2) is 35.3 Å². The number of fused-ring (bicyclic) bond motifs is 3. The maximum atomic E-state index is 12.2. The summed E-state index contributed by atoms with van der Waals surface area (Å²) in [5, 5.41) is 0. The molecule has 0 spiro atoms. The molecule has 0 unspecified atom stereocenters. The minimum absolute atomic E-state index is 0.178. The van der Waals surface area contributed by atoms with Gasteiger partial charge in [0.25, 0.3) is 0 Å². The average molecular weight is 537 g/mol. The molecular formula is C31H49ClO5. The van der Waals surface area contributed by atoms with Gasteiger partial charge in [0.15, 0.2) is 0 Å². The monoisotopic (exact) mass is 536 g/mol. The van der Waals surface area contributed by atoms with Gasteiger partial charge in [-0.25, -0.2) is 0 Å². The van der Waals surface area contributed by atoms with Gasteiger partial charge in [0.1, 0.15) is 6.10 Å². The first-order valence-corrected chi connectivity index (χ1v) is 15.5. The number of carbonyl (C=O) groups is 2. The molecule has 1 saturated heterocycles. The Hall–Kier alpha value is -0.810. The molecule has 11 atom stereocenters. The van der Waals surface area contributed by atoms with Gasteiger partial charge in [-0.05, 0) is 85.9 Å². The van der Waals surface area contributed by atoms with Crippen molar-refractivity contribution in [1.29, 1.82) is 0 Å². The summed E-state index contributed by atoms with van der Waals surface area (Å²) in [6.07, 6.45) is 11.0. The molecule has 0 N–H and O–H groups in total. The Morgan fingerprint density at radius 1 is 0.973 bits per heavy atom. The molecule has 4 aliphatic carbocycles. The number of esters is 2. The Bertz CT molecular complexity index is 891.